The Kier molecular flexibility index (Phi) is 4.22. The van der Waals surface area contributed by atoms with Crippen molar-refractivity contribution in [2.75, 3.05) is 10.6 Å². The summed E-state index contributed by atoms with van der Waals surface area (Å²) < 4.78 is 0. The number of aromatic nitrogens is 3. The van der Waals surface area contributed by atoms with Gasteiger partial charge in [-0.15, -0.1) is 0 Å². The van der Waals surface area contributed by atoms with Gasteiger partial charge in [0.25, 0.3) is 0 Å². The Labute approximate surface area is 150 Å². The highest BCUT2D eigenvalue weighted by atomic mass is 16.2. The van der Waals surface area contributed by atoms with E-state index in [4.69, 9.17) is 0 Å². The third kappa shape index (κ3) is 3.34. The lowest BCUT2D eigenvalue weighted by molar-refractivity contribution is 0.262. The van der Waals surface area contributed by atoms with Gasteiger partial charge in [-0.05, 0) is 36.4 Å². The molecule has 2 aromatic carbocycles. The van der Waals surface area contributed by atoms with Gasteiger partial charge in [-0.25, -0.2) is 14.8 Å². The first kappa shape index (κ1) is 15.7. The Morgan fingerprint density at radius 1 is 0.769 bits per heavy atom. The van der Waals surface area contributed by atoms with Crippen molar-refractivity contribution in [2.45, 2.75) is 0 Å². The molecule has 0 atom stereocenters. The molecule has 0 aliphatic rings. The van der Waals surface area contributed by atoms with Gasteiger partial charge in [0, 0.05) is 17.3 Å². The zero-order valence-corrected chi connectivity index (χ0v) is 13.8. The maximum Gasteiger partial charge on any atom is 0.324 e. The summed E-state index contributed by atoms with van der Waals surface area (Å²) in [5, 5.41) is 6.36. The SMILES string of the molecule is O=C(Nc1ccccc1)Nc1nc(-c2ccccn2)nc2ccccc12. The number of pyridine rings is 1. The van der Waals surface area contributed by atoms with Gasteiger partial charge in [-0.2, -0.15) is 0 Å². The van der Waals surface area contributed by atoms with Crippen LogP contribution in [0.5, 0.6) is 0 Å². The Morgan fingerprint density at radius 3 is 2.35 bits per heavy atom. The van der Waals surface area contributed by atoms with Crippen molar-refractivity contribution in [3.05, 3.63) is 79.0 Å². The Balaban J connectivity index is 1.70. The minimum atomic E-state index is -0.368. The molecular formula is C20H15N5O. The number of urea groups is 1. The third-order valence-corrected chi connectivity index (χ3v) is 3.76. The minimum absolute atomic E-state index is 0.368. The molecule has 0 aliphatic heterocycles. The van der Waals surface area contributed by atoms with Gasteiger partial charge in [0.2, 0.25) is 0 Å². The van der Waals surface area contributed by atoms with E-state index in [1.807, 2.05) is 72.8 Å². The lowest BCUT2D eigenvalue weighted by Gasteiger charge is -2.11. The molecule has 0 radical (unpaired) electrons. The van der Waals surface area contributed by atoms with Crippen molar-refractivity contribution in [3.63, 3.8) is 0 Å². The van der Waals surface area contributed by atoms with Crippen LogP contribution in [0.3, 0.4) is 0 Å². The van der Waals surface area contributed by atoms with E-state index in [1.54, 1.807) is 6.20 Å². The average Bonchev–Trinajstić information content (AvgIpc) is 2.69. The van der Waals surface area contributed by atoms with Crippen LogP contribution in [0, 0.1) is 0 Å². The molecule has 2 heterocycles. The van der Waals surface area contributed by atoms with E-state index in [2.05, 4.69) is 25.6 Å². The molecule has 6 nitrogen and oxygen atoms in total. The minimum Gasteiger partial charge on any atom is -0.308 e. The molecule has 2 N–H and O–H groups in total. The lowest BCUT2D eigenvalue weighted by Crippen LogP contribution is -2.20. The number of anilines is 2. The van der Waals surface area contributed by atoms with Gasteiger partial charge in [-0.3, -0.25) is 10.3 Å². The second-order valence-electron chi connectivity index (χ2n) is 5.57. The topological polar surface area (TPSA) is 79.8 Å². The predicted molar refractivity (Wildman–Crippen MR) is 102 cm³/mol. The predicted octanol–water partition coefficient (Wildman–Crippen LogP) is 4.34. The zero-order valence-electron chi connectivity index (χ0n) is 13.8. The zero-order chi connectivity index (χ0) is 17.8. The fourth-order valence-electron chi connectivity index (χ4n) is 2.57. The Morgan fingerprint density at radius 2 is 1.54 bits per heavy atom. The normalized spacial score (nSPS) is 10.5. The molecule has 4 rings (SSSR count). The number of rotatable bonds is 3. The number of nitrogens with zero attached hydrogens (tertiary/aromatic N) is 3. The van der Waals surface area contributed by atoms with Crippen LogP contribution in [0.2, 0.25) is 0 Å². The van der Waals surface area contributed by atoms with Crippen molar-refractivity contribution in [3.8, 4) is 11.5 Å². The Hall–Kier alpha value is -3.80. The van der Waals surface area contributed by atoms with Gasteiger partial charge in [0.1, 0.15) is 11.5 Å². The number of para-hydroxylation sites is 2. The average molecular weight is 341 g/mol. The monoisotopic (exact) mass is 341 g/mol. The van der Waals surface area contributed by atoms with Gasteiger partial charge in [0.05, 0.1) is 5.52 Å². The maximum absolute atomic E-state index is 12.4. The van der Waals surface area contributed by atoms with Gasteiger partial charge in [0.15, 0.2) is 5.82 Å². The fourth-order valence-corrected chi connectivity index (χ4v) is 2.57. The lowest BCUT2D eigenvalue weighted by atomic mass is 10.2. The van der Waals surface area contributed by atoms with E-state index in [0.29, 0.717) is 23.0 Å². The summed E-state index contributed by atoms with van der Waals surface area (Å²) in [7, 11) is 0. The fraction of sp³-hybridized carbons (Fsp3) is 0. The van der Waals surface area contributed by atoms with Gasteiger partial charge >= 0.3 is 6.03 Å². The van der Waals surface area contributed by atoms with Crippen LogP contribution in [-0.4, -0.2) is 21.0 Å². The van der Waals surface area contributed by atoms with E-state index in [9.17, 15) is 4.79 Å². The van der Waals surface area contributed by atoms with E-state index in [-0.39, 0.29) is 6.03 Å². The van der Waals surface area contributed by atoms with Gasteiger partial charge in [-0.1, -0.05) is 36.4 Å². The number of carbonyl (C=O) groups excluding carboxylic acids is 1. The summed E-state index contributed by atoms with van der Waals surface area (Å²) in [6.45, 7) is 0. The second kappa shape index (κ2) is 6.98. The van der Waals surface area contributed by atoms with Crippen LogP contribution in [-0.2, 0) is 0 Å². The van der Waals surface area contributed by atoms with Gasteiger partial charge < -0.3 is 5.32 Å². The first-order valence-electron chi connectivity index (χ1n) is 8.11. The molecule has 26 heavy (non-hydrogen) atoms. The molecule has 0 saturated heterocycles. The molecule has 0 aliphatic carbocycles. The van der Waals surface area contributed by atoms with E-state index < -0.39 is 0 Å². The number of hydrogen-bond acceptors (Lipinski definition) is 4. The molecule has 2 aromatic heterocycles. The van der Waals surface area contributed by atoms with Crippen molar-refractivity contribution in [1.29, 1.82) is 0 Å². The van der Waals surface area contributed by atoms with Crippen LogP contribution in [0.4, 0.5) is 16.3 Å². The van der Waals surface area contributed by atoms with Crippen LogP contribution < -0.4 is 10.6 Å². The first-order valence-corrected chi connectivity index (χ1v) is 8.11. The summed E-state index contributed by atoms with van der Waals surface area (Å²) >= 11 is 0. The van der Waals surface area contributed by atoms with E-state index in [0.717, 1.165) is 10.9 Å². The first-order chi connectivity index (χ1) is 12.8. The summed E-state index contributed by atoms with van der Waals surface area (Å²) in [4.78, 5) is 25.7. The standard InChI is InChI=1S/C20H15N5O/c26-20(22-14-8-2-1-3-9-14)25-18-15-10-4-5-11-16(15)23-19(24-18)17-12-6-7-13-21-17/h1-13H,(H2,22,23,24,25,26). The van der Waals surface area contributed by atoms with Crippen molar-refractivity contribution >= 4 is 28.4 Å². The highest BCUT2D eigenvalue weighted by Gasteiger charge is 2.12. The molecule has 4 aromatic rings. The van der Waals surface area contributed by atoms with Crippen molar-refractivity contribution in [1.82, 2.24) is 15.0 Å². The van der Waals surface area contributed by atoms with Crippen molar-refractivity contribution < 1.29 is 4.79 Å². The molecule has 126 valence electrons. The highest BCUT2D eigenvalue weighted by molar-refractivity contribution is 6.04. The summed E-state index contributed by atoms with van der Waals surface area (Å²) in [6, 6.07) is 21.9. The van der Waals surface area contributed by atoms with Crippen LogP contribution in [0.1, 0.15) is 0 Å². The molecule has 0 spiro atoms. The highest BCUT2D eigenvalue weighted by Crippen LogP contribution is 2.24. The number of amides is 2. The quantitative estimate of drug-likeness (QED) is 0.581. The van der Waals surface area contributed by atoms with Crippen molar-refractivity contribution in [2.24, 2.45) is 0 Å². The van der Waals surface area contributed by atoms with Crippen LogP contribution >= 0.6 is 0 Å². The molecule has 0 unspecified atom stereocenters. The number of benzene rings is 2. The number of carbonyl (C=O) groups is 1. The molecule has 6 heteroatoms. The summed E-state index contributed by atoms with van der Waals surface area (Å²) in [5.74, 6) is 0.893. The van der Waals surface area contributed by atoms with Crippen LogP contribution in [0.25, 0.3) is 22.4 Å². The number of fused-ring (bicyclic) bond motifs is 1. The summed E-state index contributed by atoms with van der Waals surface area (Å²) in [6.07, 6.45) is 1.68. The summed E-state index contributed by atoms with van der Waals surface area (Å²) in [5.41, 5.74) is 2.08. The Bertz CT molecular complexity index is 1050. The second-order valence-corrected chi connectivity index (χ2v) is 5.57. The number of hydrogen-bond donors (Lipinski definition) is 2. The van der Waals surface area contributed by atoms with Crippen LogP contribution in [0.15, 0.2) is 79.0 Å². The molecule has 2 amide bonds. The van der Waals surface area contributed by atoms with E-state index >= 15 is 0 Å². The number of nitrogens with one attached hydrogen (secondary N) is 2. The van der Waals surface area contributed by atoms with E-state index in [1.165, 1.54) is 0 Å². The maximum atomic E-state index is 12.4. The molecule has 0 bridgehead atoms. The molecule has 0 saturated carbocycles. The third-order valence-electron chi connectivity index (χ3n) is 3.76. The molecular weight excluding hydrogens is 326 g/mol. The smallest absolute Gasteiger partial charge is 0.308 e. The molecule has 0 fully saturated rings. The largest absolute Gasteiger partial charge is 0.324 e.